The van der Waals surface area contributed by atoms with E-state index < -0.39 is 109 Å². The molecule has 0 bridgehead atoms. The van der Waals surface area contributed by atoms with Gasteiger partial charge in [-0.25, -0.2) is 4.79 Å². The number of likely N-dealkylation sites (tertiary alicyclic amines) is 1. The number of nitrogens with one attached hydrogen (secondary N) is 7. The van der Waals surface area contributed by atoms with E-state index in [2.05, 4.69) is 37.2 Å². The average Bonchev–Trinajstić information content (AvgIpc) is 2.84. The molecular formula is C61H96N12O14. The molecule has 0 radical (unpaired) electrons. The van der Waals surface area contributed by atoms with E-state index in [0.29, 0.717) is 49.9 Å². The molecule has 0 aromatic heterocycles. The quantitative estimate of drug-likeness (QED) is 0.0434. The fourth-order valence-corrected chi connectivity index (χ4v) is 11.1. The number of methoxy groups -OCH3 is 2. The number of carbonyl (C=O) groups is 10. The number of hydrogen-bond donors (Lipinski definition) is 9. The van der Waals surface area contributed by atoms with Gasteiger partial charge in [-0.05, 0) is 87.7 Å². The summed E-state index contributed by atoms with van der Waals surface area (Å²) in [4.78, 5) is 137. The number of anilines is 1. The van der Waals surface area contributed by atoms with E-state index in [4.69, 9.17) is 30.4 Å². The van der Waals surface area contributed by atoms with E-state index in [9.17, 15) is 47.9 Å². The van der Waals surface area contributed by atoms with Gasteiger partial charge in [0.1, 0.15) is 12.1 Å². The summed E-state index contributed by atoms with van der Waals surface area (Å²) < 4.78 is 23.0. The summed E-state index contributed by atoms with van der Waals surface area (Å²) in [5.41, 5.74) is 12.3. The lowest BCUT2D eigenvalue weighted by molar-refractivity contribution is -0.203. The minimum atomic E-state index is -1.07. The smallest absolute Gasteiger partial charge is 0.312 e. The Hall–Kier alpha value is -7.26. The zero-order chi connectivity index (χ0) is 64.3. The molecule has 87 heavy (non-hydrogen) atoms. The largest absolute Gasteiger partial charge is 0.379 e. The summed E-state index contributed by atoms with van der Waals surface area (Å²) in [5.74, 6) is -5.26. The molecule has 8 unspecified atom stereocenters. The minimum absolute atomic E-state index is 0.0169. The van der Waals surface area contributed by atoms with Gasteiger partial charge in [0.05, 0.1) is 74.9 Å². The maximum atomic E-state index is 14.4. The van der Waals surface area contributed by atoms with Gasteiger partial charge < -0.3 is 77.4 Å². The molecule has 9 atom stereocenters. The number of rotatable bonds is 36. The Kier molecular flexibility index (Phi) is 30.5. The maximum absolute atomic E-state index is 14.4. The van der Waals surface area contributed by atoms with E-state index >= 15 is 0 Å². The van der Waals surface area contributed by atoms with Gasteiger partial charge in [-0.15, -0.1) is 0 Å². The van der Waals surface area contributed by atoms with Gasteiger partial charge >= 0.3 is 6.03 Å². The molecule has 11 amide bonds. The highest BCUT2D eigenvalue weighted by Gasteiger charge is 2.43. The SMILES string of the molecule is CCC(C)[C@@H](C(CC(=O)N1CCCC1C(OC)C(C)C(=O)NC(Cc1ccccc1)C(=O)NCc1ccc(NC(=O)C(CCCNC(N)=O)NC(=O)CNC(=O)CCCC2OCC(C(N)=O)CO2)cc1)OC)N(C)C(=O)CNC(=O)C(C(C)C)N(C)C. The lowest BCUT2D eigenvalue weighted by atomic mass is 9.90. The first-order valence-corrected chi connectivity index (χ1v) is 30.1. The molecule has 2 aliphatic rings. The van der Waals surface area contributed by atoms with Gasteiger partial charge in [-0.2, -0.15) is 0 Å². The molecule has 2 aliphatic heterocycles. The fraction of sp³-hybridized carbons (Fsp3) is 0.639. The molecule has 2 aromatic rings. The monoisotopic (exact) mass is 1220 g/mol. The third-order valence-corrected chi connectivity index (χ3v) is 16.1. The van der Waals surface area contributed by atoms with Crippen LogP contribution in [0.3, 0.4) is 0 Å². The van der Waals surface area contributed by atoms with Gasteiger partial charge in [0.2, 0.25) is 53.2 Å². The molecule has 2 heterocycles. The third-order valence-electron chi connectivity index (χ3n) is 16.1. The first-order valence-electron chi connectivity index (χ1n) is 30.1. The highest BCUT2D eigenvalue weighted by Crippen LogP contribution is 2.30. The van der Waals surface area contributed by atoms with Crippen molar-refractivity contribution >= 4 is 64.9 Å². The molecule has 2 fully saturated rings. The summed E-state index contributed by atoms with van der Waals surface area (Å²) in [7, 11) is 8.30. The van der Waals surface area contributed by atoms with E-state index in [1.807, 2.05) is 77.0 Å². The van der Waals surface area contributed by atoms with Crippen LogP contribution in [-0.2, 0) is 75.1 Å². The number of benzene rings is 2. The molecule has 26 nitrogen and oxygen atoms in total. The minimum Gasteiger partial charge on any atom is -0.379 e. The standard InChI is InChI=1S/C61H96N12O14/c1-11-38(4)54(72(8)51(77)34-67-60(82)53(37(2)3)71(6)7)47(84-9)31-50(76)73-29-17-21-46(73)55(85-10)39(5)57(79)70-45(30-40-18-13-12-14-19-40)58(80)66-32-41-24-26-43(27-25-41)68-59(81)44(20-16-28-64-61(63)83)69-49(75)33-65-48(74)22-15-23-52-86-35-42(36-87-52)56(62)78/h12-14,18-19,24-27,37-39,42,44-47,52-55H,11,15-17,20-23,28-36H2,1-10H3,(H2,62,78)(H,65,74)(H,66,80)(H,67,82)(H,68,81)(H,69,75)(H,70,79)(H3,63,64,83)/t38?,39?,42?,44?,45?,46?,47?,52?,53?,54-,55?/m0/s1. The maximum Gasteiger partial charge on any atom is 0.312 e. The van der Waals surface area contributed by atoms with Crippen molar-refractivity contribution in [3.05, 3.63) is 65.7 Å². The number of likely N-dealkylation sites (N-methyl/N-ethyl adjacent to an activating group) is 2. The average molecular weight is 1220 g/mol. The second-order valence-electron chi connectivity index (χ2n) is 23.1. The van der Waals surface area contributed by atoms with E-state index in [0.717, 1.165) is 5.56 Å². The molecule has 2 aromatic carbocycles. The number of ether oxygens (including phenoxy) is 4. The Balaban J connectivity index is 1.37. The highest BCUT2D eigenvalue weighted by molar-refractivity contribution is 5.98. The number of urea groups is 1. The molecule has 484 valence electrons. The Labute approximate surface area is 511 Å². The van der Waals surface area contributed by atoms with Crippen molar-refractivity contribution in [1.29, 1.82) is 0 Å². The van der Waals surface area contributed by atoms with Crippen molar-refractivity contribution in [2.24, 2.45) is 35.1 Å². The van der Waals surface area contributed by atoms with Crippen LogP contribution >= 0.6 is 0 Å². The van der Waals surface area contributed by atoms with Gasteiger partial charge in [-0.1, -0.05) is 83.5 Å². The molecule has 0 saturated carbocycles. The molecule has 11 N–H and O–H groups in total. The van der Waals surface area contributed by atoms with Crippen molar-refractivity contribution in [2.45, 2.75) is 154 Å². The second-order valence-corrected chi connectivity index (χ2v) is 23.1. The van der Waals surface area contributed by atoms with E-state index in [1.165, 1.54) is 14.2 Å². The first-order chi connectivity index (χ1) is 41.4. The van der Waals surface area contributed by atoms with Gasteiger partial charge in [0.15, 0.2) is 6.29 Å². The van der Waals surface area contributed by atoms with Gasteiger partial charge in [0.25, 0.3) is 0 Å². The number of hydrogen-bond acceptors (Lipinski definition) is 15. The molecule has 0 spiro atoms. The Morgan fingerprint density at radius 1 is 0.736 bits per heavy atom. The van der Waals surface area contributed by atoms with E-state index in [1.54, 1.807) is 48.0 Å². The van der Waals surface area contributed by atoms with Crippen LogP contribution in [0.4, 0.5) is 10.5 Å². The summed E-state index contributed by atoms with van der Waals surface area (Å²) >= 11 is 0. The summed E-state index contributed by atoms with van der Waals surface area (Å²) in [6.07, 6.45) is 1.18. The number of nitrogens with two attached hydrogens (primary N) is 2. The molecule has 0 aliphatic carbocycles. The predicted octanol–water partition coefficient (Wildman–Crippen LogP) is 1.29. The van der Waals surface area contributed by atoms with Crippen molar-refractivity contribution < 1.29 is 66.9 Å². The van der Waals surface area contributed by atoms with Gasteiger partial charge in [-0.3, -0.25) is 48.1 Å². The highest BCUT2D eigenvalue weighted by atomic mass is 16.7. The number of nitrogens with zero attached hydrogens (tertiary/aromatic N) is 3. The number of carbonyl (C=O) groups excluding carboxylic acids is 10. The molecule has 2 saturated heterocycles. The van der Waals surface area contributed by atoms with Crippen LogP contribution in [0.2, 0.25) is 0 Å². The fourth-order valence-electron chi connectivity index (χ4n) is 11.1. The summed E-state index contributed by atoms with van der Waals surface area (Å²) in [6, 6.07) is 11.6. The number of primary amides is 2. The first kappa shape index (κ1) is 72.2. The van der Waals surface area contributed by atoms with E-state index in [-0.39, 0.29) is 94.5 Å². The van der Waals surface area contributed by atoms with Crippen LogP contribution in [0.15, 0.2) is 54.6 Å². The Morgan fingerprint density at radius 3 is 2.01 bits per heavy atom. The van der Waals surface area contributed by atoms with Crippen molar-refractivity contribution in [3.8, 4) is 0 Å². The number of amides is 11. The Bertz CT molecular complexity index is 2560. The topological polar surface area (TPSA) is 354 Å². The zero-order valence-corrected chi connectivity index (χ0v) is 52.4. The van der Waals surface area contributed by atoms with Crippen LogP contribution in [-0.4, -0.2) is 197 Å². The zero-order valence-electron chi connectivity index (χ0n) is 52.4. The molecule has 26 heteroatoms. The van der Waals surface area contributed by atoms with Gasteiger partial charge in [0, 0.05) is 59.4 Å². The second kappa shape index (κ2) is 36.8. The Morgan fingerprint density at radius 2 is 1.41 bits per heavy atom. The van der Waals surface area contributed by atoms with Crippen LogP contribution in [0.1, 0.15) is 104 Å². The summed E-state index contributed by atoms with van der Waals surface area (Å²) in [5, 5.41) is 19.1. The molecule has 4 rings (SSSR count). The van der Waals surface area contributed by atoms with Crippen molar-refractivity contribution in [2.75, 3.05) is 80.1 Å². The van der Waals surface area contributed by atoms with Crippen molar-refractivity contribution in [1.82, 2.24) is 46.6 Å². The van der Waals surface area contributed by atoms with Crippen LogP contribution < -0.4 is 48.7 Å². The predicted molar refractivity (Wildman–Crippen MR) is 324 cm³/mol. The van der Waals surface area contributed by atoms with Crippen molar-refractivity contribution in [3.63, 3.8) is 0 Å². The lowest BCUT2D eigenvalue weighted by Crippen LogP contribution is -2.55. The summed E-state index contributed by atoms with van der Waals surface area (Å²) in [6.45, 7) is 9.82. The molecular weight excluding hydrogens is 1120 g/mol. The van der Waals surface area contributed by atoms with Crippen LogP contribution in [0.5, 0.6) is 0 Å². The van der Waals surface area contributed by atoms with Crippen LogP contribution in [0.25, 0.3) is 0 Å². The lowest BCUT2D eigenvalue weighted by Gasteiger charge is -2.39. The van der Waals surface area contributed by atoms with Crippen LogP contribution in [0, 0.1) is 23.7 Å². The normalized spacial score (nSPS) is 18.6. The third kappa shape index (κ3) is 23.4.